The fourth-order valence-corrected chi connectivity index (χ4v) is 3.48. The molecule has 0 aromatic carbocycles. The Morgan fingerprint density at radius 3 is 2.65 bits per heavy atom. The fourth-order valence-electron chi connectivity index (χ4n) is 2.62. The van der Waals surface area contributed by atoms with Gasteiger partial charge in [0.1, 0.15) is 18.1 Å². The molecular weight excluding hydrogens is 320 g/mol. The lowest BCUT2D eigenvalue weighted by molar-refractivity contribution is -0.127. The molecule has 0 saturated carbocycles. The van der Waals surface area contributed by atoms with Crippen LogP contribution in [0.15, 0.2) is 16.5 Å². The van der Waals surface area contributed by atoms with Crippen molar-refractivity contribution in [2.45, 2.75) is 38.8 Å². The summed E-state index contributed by atoms with van der Waals surface area (Å²) in [4.78, 5) is 12.0. The number of carbonyl (C=O) groups is 1. The van der Waals surface area contributed by atoms with Gasteiger partial charge in [-0.25, -0.2) is 8.42 Å². The highest BCUT2D eigenvalue weighted by molar-refractivity contribution is 7.88. The van der Waals surface area contributed by atoms with Crippen molar-refractivity contribution in [1.82, 2.24) is 9.62 Å². The van der Waals surface area contributed by atoms with Crippen molar-refractivity contribution < 1.29 is 22.4 Å². The van der Waals surface area contributed by atoms with Crippen LogP contribution >= 0.6 is 0 Å². The second kappa shape index (κ2) is 7.02. The topological polar surface area (TPSA) is 88.9 Å². The molecule has 1 aliphatic rings. The second-order valence-electron chi connectivity index (χ2n) is 6.17. The molecule has 2 heterocycles. The SMILES string of the molecule is Cc1ccc([C@H]2CN(S(C)(=O)=O)C[C@@H]2NC(=O)COC(C)C)o1. The zero-order chi connectivity index (χ0) is 17.2. The third-order valence-electron chi connectivity index (χ3n) is 3.78. The maximum Gasteiger partial charge on any atom is 0.246 e. The molecule has 130 valence electrons. The van der Waals surface area contributed by atoms with Crippen LogP contribution in [0.2, 0.25) is 0 Å². The third-order valence-corrected chi connectivity index (χ3v) is 5.01. The second-order valence-corrected chi connectivity index (χ2v) is 8.15. The van der Waals surface area contributed by atoms with Gasteiger partial charge < -0.3 is 14.5 Å². The van der Waals surface area contributed by atoms with Crippen LogP contribution in [0.4, 0.5) is 0 Å². The van der Waals surface area contributed by atoms with E-state index in [1.165, 1.54) is 10.6 Å². The quantitative estimate of drug-likeness (QED) is 0.827. The number of rotatable bonds is 6. The van der Waals surface area contributed by atoms with E-state index in [2.05, 4.69) is 5.32 Å². The van der Waals surface area contributed by atoms with Crippen LogP contribution in [-0.2, 0) is 19.6 Å². The first-order valence-electron chi connectivity index (χ1n) is 7.59. The maximum absolute atomic E-state index is 12.0. The molecular formula is C15H24N2O5S. The number of nitrogens with zero attached hydrogens (tertiary/aromatic N) is 1. The molecule has 1 saturated heterocycles. The van der Waals surface area contributed by atoms with E-state index in [-0.39, 0.29) is 37.1 Å². The Morgan fingerprint density at radius 2 is 2.13 bits per heavy atom. The lowest BCUT2D eigenvalue weighted by Crippen LogP contribution is -2.42. The number of ether oxygens (including phenoxy) is 1. The smallest absolute Gasteiger partial charge is 0.246 e. The molecule has 0 bridgehead atoms. The molecule has 1 fully saturated rings. The van der Waals surface area contributed by atoms with Crippen molar-refractivity contribution in [2.75, 3.05) is 26.0 Å². The summed E-state index contributed by atoms with van der Waals surface area (Å²) in [7, 11) is -3.32. The zero-order valence-corrected chi connectivity index (χ0v) is 14.7. The molecule has 1 N–H and O–H groups in total. The molecule has 1 amide bonds. The van der Waals surface area contributed by atoms with Crippen molar-refractivity contribution in [3.05, 3.63) is 23.7 Å². The summed E-state index contributed by atoms with van der Waals surface area (Å²) in [6, 6.07) is 3.33. The summed E-state index contributed by atoms with van der Waals surface area (Å²) >= 11 is 0. The number of hydrogen-bond donors (Lipinski definition) is 1. The Morgan fingerprint density at radius 1 is 1.43 bits per heavy atom. The Kier molecular flexibility index (Phi) is 5.49. The standard InChI is InChI=1S/C15H24N2O5S/c1-10(2)21-9-15(18)16-13-8-17(23(4,19)20)7-12(13)14-6-5-11(3)22-14/h5-6,10,12-13H,7-9H2,1-4H3,(H,16,18)/t12-,13-/m0/s1. The fraction of sp³-hybridized carbons (Fsp3) is 0.667. The van der Waals surface area contributed by atoms with E-state index in [0.29, 0.717) is 12.3 Å². The molecule has 0 radical (unpaired) electrons. The highest BCUT2D eigenvalue weighted by atomic mass is 32.2. The van der Waals surface area contributed by atoms with Crippen molar-refractivity contribution >= 4 is 15.9 Å². The van der Waals surface area contributed by atoms with Gasteiger partial charge in [-0.15, -0.1) is 0 Å². The van der Waals surface area contributed by atoms with Gasteiger partial charge in [-0.3, -0.25) is 4.79 Å². The average Bonchev–Trinajstić information content (AvgIpc) is 3.02. The summed E-state index contributed by atoms with van der Waals surface area (Å²) in [6.07, 6.45) is 1.13. The molecule has 7 nitrogen and oxygen atoms in total. The number of nitrogens with one attached hydrogen (secondary N) is 1. The van der Waals surface area contributed by atoms with E-state index in [9.17, 15) is 13.2 Å². The number of furan rings is 1. The summed E-state index contributed by atoms with van der Waals surface area (Å²) < 4.78 is 35.9. The van der Waals surface area contributed by atoms with E-state index in [4.69, 9.17) is 9.15 Å². The molecule has 0 unspecified atom stereocenters. The maximum atomic E-state index is 12.0. The van der Waals surface area contributed by atoms with Crippen LogP contribution in [0.25, 0.3) is 0 Å². The lowest BCUT2D eigenvalue weighted by Gasteiger charge is -2.18. The van der Waals surface area contributed by atoms with Gasteiger partial charge in [-0.2, -0.15) is 4.31 Å². The number of sulfonamides is 1. The first kappa shape index (κ1) is 18.0. The zero-order valence-electron chi connectivity index (χ0n) is 13.9. The van der Waals surface area contributed by atoms with Gasteiger partial charge in [0.25, 0.3) is 0 Å². The van der Waals surface area contributed by atoms with Gasteiger partial charge in [0, 0.05) is 13.1 Å². The number of amides is 1. The largest absolute Gasteiger partial charge is 0.466 e. The Balaban J connectivity index is 2.11. The summed E-state index contributed by atoms with van der Waals surface area (Å²) in [5.74, 6) is 0.975. The Bertz CT molecular complexity index is 653. The monoisotopic (exact) mass is 344 g/mol. The summed E-state index contributed by atoms with van der Waals surface area (Å²) in [5, 5.41) is 2.86. The van der Waals surface area contributed by atoms with Crippen molar-refractivity contribution in [3.63, 3.8) is 0 Å². The van der Waals surface area contributed by atoms with Gasteiger partial charge >= 0.3 is 0 Å². The predicted octanol–water partition coefficient (Wildman–Crippen LogP) is 0.857. The van der Waals surface area contributed by atoms with Crippen LogP contribution in [0.1, 0.15) is 31.3 Å². The molecule has 1 aromatic heterocycles. The highest BCUT2D eigenvalue weighted by Crippen LogP contribution is 2.30. The predicted molar refractivity (Wildman–Crippen MR) is 85.6 cm³/mol. The third kappa shape index (κ3) is 4.79. The minimum atomic E-state index is -3.32. The van der Waals surface area contributed by atoms with Gasteiger partial charge in [0.15, 0.2) is 0 Å². The van der Waals surface area contributed by atoms with Crippen molar-refractivity contribution in [1.29, 1.82) is 0 Å². The molecule has 0 aliphatic carbocycles. The molecule has 1 aromatic rings. The number of carbonyl (C=O) groups excluding carboxylic acids is 1. The van der Waals surface area contributed by atoms with Crippen LogP contribution in [0, 0.1) is 6.92 Å². The van der Waals surface area contributed by atoms with E-state index in [1.54, 1.807) is 0 Å². The molecule has 0 spiro atoms. The van der Waals surface area contributed by atoms with Crippen molar-refractivity contribution in [3.8, 4) is 0 Å². The van der Waals surface area contributed by atoms with Crippen LogP contribution in [0.5, 0.6) is 0 Å². The van der Waals surface area contributed by atoms with Gasteiger partial charge in [-0.05, 0) is 32.9 Å². The van der Waals surface area contributed by atoms with Crippen LogP contribution < -0.4 is 5.32 Å². The van der Waals surface area contributed by atoms with Gasteiger partial charge in [0.2, 0.25) is 15.9 Å². The lowest BCUT2D eigenvalue weighted by atomic mass is 10.0. The van der Waals surface area contributed by atoms with E-state index >= 15 is 0 Å². The minimum Gasteiger partial charge on any atom is -0.466 e. The van der Waals surface area contributed by atoms with Crippen LogP contribution in [-0.4, -0.2) is 56.7 Å². The summed E-state index contributed by atoms with van der Waals surface area (Å²) in [5.41, 5.74) is 0. The summed E-state index contributed by atoms with van der Waals surface area (Å²) in [6.45, 7) is 6.01. The number of hydrogen-bond acceptors (Lipinski definition) is 5. The first-order valence-corrected chi connectivity index (χ1v) is 9.44. The molecule has 8 heteroatoms. The van der Waals surface area contributed by atoms with E-state index in [0.717, 1.165) is 5.76 Å². The van der Waals surface area contributed by atoms with E-state index < -0.39 is 10.0 Å². The number of aryl methyl sites for hydroxylation is 1. The normalized spacial score (nSPS) is 22.7. The average molecular weight is 344 g/mol. The Labute approximate surface area is 137 Å². The molecule has 1 aliphatic heterocycles. The first-order chi connectivity index (χ1) is 10.7. The van der Waals surface area contributed by atoms with Gasteiger partial charge in [-0.1, -0.05) is 0 Å². The van der Waals surface area contributed by atoms with Gasteiger partial charge in [0.05, 0.1) is 24.3 Å². The Hall–Kier alpha value is -1.38. The highest BCUT2D eigenvalue weighted by Gasteiger charge is 2.40. The molecule has 2 atom stereocenters. The van der Waals surface area contributed by atoms with Crippen molar-refractivity contribution in [2.24, 2.45) is 0 Å². The molecule has 23 heavy (non-hydrogen) atoms. The van der Waals surface area contributed by atoms with Crippen LogP contribution in [0.3, 0.4) is 0 Å². The molecule has 2 rings (SSSR count). The van der Waals surface area contributed by atoms with E-state index in [1.807, 2.05) is 32.9 Å². The minimum absolute atomic E-state index is 0.0413.